The summed E-state index contributed by atoms with van der Waals surface area (Å²) >= 11 is 7.81. The molecule has 4 aromatic rings. The molecule has 2 amide bonds. The lowest BCUT2D eigenvalue weighted by atomic mass is 9.95. The number of methoxy groups -OCH3 is 1. The molecule has 3 aliphatic heterocycles. The number of ether oxygens (including phenoxy) is 1. The molecule has 2 fully saturated rings. The molecule has 2 N–H and O–H groups in total. The van der Waals surface area contributed by atoms with Crippen molar-refractivity contribution < 1.29 is 37.4 Å². The number of carbonyl (C=O) groups is 3. The lowest BCUT2D eigenvalue weighted by molar-refractivity contribution is -0.136. The van der Waals surface area contributed by atoms with Crippen molar-refractivity contribution in [1.29, 1.82) is 0 Å². The molecule has 4 heterocycles. The molecule has 0 spiro atoms. The van der Waals surface area contributed by atoms with E-state index in [1.54, 1.807) is 22.5 Å². The minimum Gasteiger partial charge on any atom is -0.478 e. The highest BCUT2D eigenvalue weighted by Gasteiger charge is 2.43. The second-order valence-electron chi connectivity index (χ2n) is 12.0. The first-order valence-corrected chi connectivity index (χ1v) is 16.9. The van der Waals surface area contributed by atoms with Gasteiger partial charge < -0.3 is 20.1 Å². The first-order chi connectivity index (χ1) is 24.5. The van der Waals surface area contributed by atoms with E-state index in [-0.39, 0.29) is 47.0 Å². The Hall–Kier alpha value is -5.25. The molecule has 11 nitrogen and oxygen atoms in total. The summed E-state index contributed by atoms with van der Waals surface area (Å²) in [6.45, 7) is 1.56. The maximum absolute atomic E-state index is 15.6. The third kappa shape index (κ3) is 6.55. The van der Waals surface area contributed by atoms with Gasteiger partial charge >= 0.3 is 18.0 Å². The number of carbonyl (C=O) groups excluding carboxylic acids is 2. The monoisotopic (exact) mass is 736 g/mol. The lowest BCUT2D eigenvalue weighted by Crippen LogP contribution is -2.53. The number of nitrogens with zero attached hydrogens (tertiary/aromatic N) is 5. The summed E-state index contributed by atoms with van der Waals surface area (Å²) in [5.74, 6) is -3.84. The molecular formula is C35H28ClF3N6O5S. The molecule has 7 rings (SSSR count). The molecule has 262 valence electrons. The molecule has 0 bridgehead atoms. The number of aromatic carboxylic acids is 1. The average Bonchev–Trinajstić information content (AvgIpc) is 3.76. The zero-order chi connectivity index (χ0) is 36.0. The SMILES string of the molecule is COC(=O)C1=C(CN2CCN3C(=O)N(c4ccc(-c5ccc(C(=O)O)c(F)c5)cc4F)C[C@@H]3C2)NC(c2nccs2)=N[C@H]1c1ccc(F)cc1Cl. The van der Waals surface area contributed by atoms with Crippen LogP contribution in [0.25, 0.3) is 11.1 Å². The summed E-state index contributed by atoms with van der Waals surface area (Å²) in [5.41, 5.74) is 1.25. The van der Waals surface area contributed by atoms with Gasteiger partial charge in [0.2, 0.25) is 0 Å². The van der Waals surface area contributed by atoms with Gasteiger partial charge in [-0.05, 0) is 47.5 Å². The van der Waals surface area contributed by atoms with E-state index in [0.29, 0.717) is 47.3 Å². The number of hydrogen-bond acceptors (Lipinski definition) is 9. The van der Waals surface area contributed by atoms with Gasteiger partial charge in [-0.25, -0.2) is 32.5 Å². The predicted molar refractivity (Wildman–Crippen MR) is 183 cm³/mol. The molecule has 0 radical (unpaired) electrons. The predicted octanol–water partition coefficient (Wildman–Crippen LogP) is 5.72. The molecule has 1 aromatic heterocycles. The Morgan fingerprint density at radius 1 is 1.04 bits per heavy atom. The van der Waals surface area contributed by atoms with Crippen LogP contribution in [0.1, 0.15) is 27.0 Å². The summed E-state index contributed by atoms with van der Waals surface area (Å²) in [6.07, 6.45) is 1.63. The minimum atomic E-state index is -1.41. The fraction of sp³-hybridized carbons (Fsp3) is 0.229. The molecule has 2 atom stereocenters. The molecular weight excluding hydrogens is 709 g/mol. The summed E-state index contributed by atoms with van der Waals surface area (Å²) in [4.78, 5) is 52.3. The van der Waals surface area contributed by atoms with Gasteiger partial charge in [0, 0.05) is 60.6 Å². The third-order valence-electron chi connectivity index (χ3n) is 9.01. The second-order valence-corrected chi connectivity index (χ2v) is 13.3. The van der Waals surface area contributed by atoms with E-state index in [4.69, 9.17) is 26.4 Å². The van der Waals surface area contributed by atoms with Crippen molar-refractivity contribution in [2.24, 2.45) is 4.99 Å². The van der Waals surface area contributed by atoms with Crippen LogP contribution in [0.2, 0.25) is 5.02 Å². The highest BCUT2D eigenvalue weighted by molar-refractivity contribution is 7.11. The van der Waals surface area contributed by atoms with E-state index in [1.165, 1.54) is 53.7 Å². The number of rotatable bonds is 8. The van der Waals surface area contributed by atoms with Crippen LogP contribution >= 0.6 is 22.9 Å². The molecule has 0 aliphatic carbocycles. The number of hydrogen-bond donors (Lipinski definition) is 2. The zero-order valence-electron chi connectivity index (χ0n) is 26.8. The van der Waals surface area contributed by atoms with Crippen LogP contribution in [0.5, 0.6) is 0 Å². The van der Waals surface area contributed by atoms with Crippen molar-refractivity contribution in [2.75, 3.05) is 44.7 Å². The van der Waals surface area contributed by atoms with Crippen molar-refractivity contribution in [2.45, 2.75) is 12.1 Å². The van der Waals surface area contributed by atoms with Crippen LogP contribution in [-0.4, -0.2) is 89.6 Å². The number of urea groups is 1. The van der Waals surface area contributed by atoms with Crippen molar-refractivity contribution in [3.8, 4) is 11.1 Å². The Bertz CT molecular complexity index is 2130. The molecule has 3 aromatic carbocycles. The number of benzene rings is 3. The maximum Gasteiger partial charge on any atom is 0.338 e. The van der Waals surface area contributed by atoms with E-state index in [2.05, 4.69) is 15.2 Å². The lowest BCUT2D eigenvalue weighted by Gasteiger charge is -2.38. The van der Waals surface area contributed by atoms with Crippen LogP contribution in [0.3, 0.4) is 0 Å². The average molecular weight is 737 g/mol. The van der Waals surface area contributed by atoms with Crippen molar-refractivity contribution in [1.82, 2.24) is 20.1 Å². The number of amidine groups is 1. The Labute approximate surface area is 298 Å². The van der Waals surface area contributed by atoms with Gasteiger partial charge in [0.15, 0.2) is 10.8 Å². The van der Waals surface area contributed by atoms with Gasteiger partial charge in [0.25, 0.3) is 0 Å². The molecule has 2 saturated heterocycles. The maximum atomic E-state index is 15.6. The van der Waals surface area contributed by atoms with Crippen LogP contribution in [0.15, 0.2) is 82.4 Å². The minimum absolute atomic E-state index is 0.0558. The normalized spacial score (nSPS) is 19.2. The van der Waals surface area contributed by atoms with E-state index in [0.717, 1.165) is 18.2 Å². The Morgan fingerprint density at radius 2 is 1.80 bits per heavy atom. The number of nitrogens with one attached hydrogen (secondary N) is 1. The quantitative estimate of drug-likeness (QED) is 0.220. The topological polar surface area (TPSA) is 128 Å². The number of aromatic nitrogens is 1. The van der Waals surface area contributed by atoms with Crippen LogP contribution in [-0.2, 0) is 9.53 Å². The van der Waals surface area contributed by atoms with Gasteiger partial charge in [0.05, 0.1) is 30.0 Å². The van der Waals surface area contributed by atoms with Crippen molar-refractivity contribution in [3.05, 3.63) is 116 Å². The number of halogens is 4. The summed E-state index contributed by atoms with van der Waals surface area (Å²) in [5, 5.41) is 14.8. The molecule has 16 heteroatoms. The number of thiazole rings is 1. The molecule has 0 saturated carbocycles. The fourth-order valence-electron chi connectivity index (χ4n) is 6.58. The number of amides is 2. The Balaban J connectivity index is 1.13. The highest BCUT2D eigenvalue weighted by Crippen LogP contribution is 2.38. The van der Waals surface area contributed by atoms with E-state index >= 15 is 4.39 Å². The summed E-state index contributed by atoms with van der Waals surface area (Å²) in [6, 6.07) is 9.98. The van der Waals surface area contributed by atoms with Crippen LogP contribution in [0.4, 0.5) is 23.7 Å². The van der Waals surface area contributed by atoms with Crippen LogP contribution in [0, 0.1) is 17.5 Å². The zero-order valence-corrected chi connectivity index (χ0v) is 28.3. The largest absolute Gasteiger partial charge is 0.478 e. The van der Waals surface area contributed by atoms with Gasteiger partial charge in [-0.1, -0.05) is 29.8 Å². The number of aliphatic imine (C=N–C) groups is 1. The molecule has 0 unspecified atom stereocenters. The summed E-state index contributed by atoms with van der Waals surface area (Å²) in [7, 11) is 1.26. The van der Waals surface area contributed by atoms with Gasteiger partial charge in [-0.2, -0.15) is 0 Å². The van der Waals surface area contributed by atoms with Crippen molar-refractivity contribution in [3.63, 3.8) is 0 Å². The smallest absolute Gasteiger partial charge is 0.338 e. The third-order valence-corrected chi connectivity index (χ3v) is 10.1. The van der Waals surface area contributed by atoms with E-state index in [9.17, 15) is 23.2 Å². The van der Waals surface area contributed by atoms with E-state index < -0.39 is 41.0 Å². The van der Waals surface area contributed by atoms with Crippen LogP contribution < -0.4 is 10.2 Å². The highest BCUT2D eigenvalue weighted by atomic mass is 35.5. The van der Waals surface area contributed by atoms with Gasteiger partial charge in [-0.15, -0.1) is 11.3 Å². The number of carboxylic acids is 1. The Kier molecular flexibility index (Phi) is 9.26. The fourth-order valence-corrected chi connectivity index (χ4v) is 7.44. The first kappa shape index (κ1) is 34.2. The van der Waals surface area contributed by atoms with Gasteiger partial charge in [-0.3, -0.25) is 14.8 Å². The number of fused-ring (bicyclic) bond motifs is 1. The van der Waals surface area contributed by atoms with Gasteiger partial charge in [0.1, 0.15) is 23.5 Å². The van der Waals surface area contributed by atoms with E-state index in [1.807, 2.05) is 0 Å². The number of piperazine rings is 1. The first-order valence-electron chi connectivity index (χ1n) is 15.7. The standard InChI is InChI=1S/C35H28ClF3N6O5S/c1-50-34(48)29-27(41-31(32-40-8-11-51-32)42-30(29)22-6-4-20(37)14-24(22)36)17-43-9-10-44-21(15-43)16-45(35(44)49)28-7-3-19(13-26(28)39)18-2-5-23(33(46)47)25(38)12-18/h2-8,11-14,21,30H,9-10,15-17H2,1H3,(H,41,42)(H,46,47)/t21-,30-/m0/s1. The summed E-state index contributed by atoms with van der Waals surface area (Å²) < 4.78 is 49.1. The molecule has 3 aliphatic rings. The molecule has 51 heavy (non-hydrogen) atoms. The second kappa shape index (κ2) is 13.8. The number of anilines is 1. The van der Waals surface area contributed by atoms with Crippen molar-refractivity contribution >= 4 is 52.4 Å². The Morgan fingerprint density at radius 3 is 2.47 bits per heavy atom. The number of esters is 1. The number of carboxylic acid groups (broad SMARTS) is 1.